The zero-order valence-corrected chi connectivity index (χ0v) is 13.4. The molecule has 0 aliphatic heterocycles. The molecule has 0 radical (unpaired) electrons. The molecule has 1 aliphatic rings. The minimum atomic E-state index is -0.147. The lowest BCUT2D eigenvalue weighted by Crippen LogP contribution is -2.41. The number of hydrogen-bond acceptors (Lipinski definition) is 4. The molecule has 118 valence electrons. The fourth-order valence-electron chi connectivity index (χ4n) is 2.84. The first-order chi connectivity index (χ1) is 10.3. The van der Waals surface area contributed by atoms with Crippen LogP contribution in [0.3, 0.4) is 0 Å². The molecule has 1 aliphatic carbocycles. The summed E-state index contributed by atoms with van der Waals surface area (Å²) in [6.45, 7) is 6.09. The van der Waals surface area contributed by atoms with Crippen molar-refractivity contribution in [3.8, 4) is 5.75 Å². The van der Waals surface area contributed by atoms with Crippen LogP contribution in [0.25, 0.3) is 0 Å². The molecule has 21 heavy (non-hydrogen) atoms. The van der Waals surface area contributed by atoms with Crippen molar-refractivity contribution in [1.82, 2.24) is 5.32 Å². The van der Waals surface area contributed by atoms with E-state index in [0.717, 1.165) is 31.6 Å². The summed E-state index contributed by atoms with van der Waals surface area (Å²) in [6, 6.07) is 6.87. The van der Waals surface area contributed by atoms with Gasteiger partial charge in [0.2, 0.25) is 0 Å². The van der Waals surface area contributed by atoms with E-state index in [2.05, 4.69) is 17.4 Å². The number of fused-ring (bicyclic) bond motifs is 1. The summed E-state index contributed by atoms with van der Waals surface area (Å²) in [6.07, 6.45) is 3.17. The lowest BCUT2D eigenvalue weighted by atomic mass is 9.88. The van der Waals surface area contributed by atoms with Crippen LogP contribution in [0.15, 0.2) is 18.2 Å². The lowest BCUT2D eigenvalue weighted by Gasteiger charge is -2.27. The van der Waals surface area contributed by atoms with Gasteiger partial charge in [0, 0.05) is 25.8 Å². The van der Waals surface area contributed by atoms with E-state index >= 15 is 0 Å². The number of benzene rings is 1. The number of ether oxygens (including phenoxy) is 3. The Balaban J connectivity index is 1.88. The van der Waals surface area contributed by atoms with Gasteiger partial charge >= 0.3 is 0 Å². The van der Waals surface area contributed by atoms with Gasteiger partial charge < -0.3 is 19.5 Å². The third-order valence-electron chi connectivity index (χ3n) is 3.92. The second kappa shape index (κ2) is 8.37. The number of nitrogens with one attached hydrogen (secondary N) is 1. The molecular weight excluding hydrogens is 266 g/mol. The maximum Gasteiger partial charge on any atom is 0.169 e. The minimum Gasteiger partial charge on any atom is -0.497 e. The van der Waals surface area contributed by atoms with Crippen LogP contribution >= 0.6 is 0 Å². The molecule has 0 heterocycles. The summed E-state index contributed by atoms with van der Waals surface area (Å²) >= 11 is 0. The van der Waals surface area contributed by atoms with Gasteiger partial charge in [0.25, 0.3) is 0 Å². The summed E-state index contributed by atoms with van der Waals surface area (Å²) in [4.78, 5) is 0. The Morgan fingerprint density at radius 3 is 2.62 bits per heavy atom. The van der Waals surface area contributed by atoms with Crippen LogP contribution in [-0.2, 0) is 22.3 Å². The van der Waals surface area contributed by atoms with E-state index in [1.165, 1.54) is 11.1 Å². The maximum absolute atomic E-state index is 5.57. The molecule has 4 nitrogen and oxygen atoms in total. The Kier molecular flexibility index (Phi) is 6.49. The van der Waals surface area contributed by atoms with Gasteiger partial charge in [-0.1, -0.05) is 6.07 Å². The van der Waals surface area contributed by atoms with Gasteiger partial charge in [0.15, 0.2) is 6.29 Å². The van der Waals surface area contributed by atoms with E-state index in [-0.39, 0.29) is 6.29 Å². The third-order valence-corrected chi connectivity index (χ3v) is 3.92. The molecule has 0 spiro atoms. The van der Waals surface area contributed by atoms with Crippen molar-refractivity contribution in [3.63, 3.8) is 0 Å². The smallest absolute Gasteiger partial charge is 0.169 e. The van der Waals surface area contributed by atoms with Crippen molar-refractivity contribution in [1.29, 1.82) is 0 Å². The van der Waals surface area contributed by atoms with Crippen LogP contribution in [0, 0.1) is 0 Å². The molecule has 2 rings (SSSR count). The fraction of sp³-hybridized carbons (Fsp3) is 0.647. The van der Waals surface area contributed by atoms with Gasteiger partial charge in [-0.15, -0.1) is 0 Å². The molecule has 4 heteroatoms. The fourth-order valence-corrected chi connectivity index (χ4v) is 2.84. The Labute approximate surface area is 127 Å². The first-order valence-electron chi connectivity index (χ1n) is 7.89. The molecular formula is C17H27NO3. The van der Waals surface area contributed by atoms with Crippen LogP contribution in [0.2, 0.25) is 0 Å². The van der Waals surface area contributed by atoms with Crippen LogP contribution in [-0.4, -0.2) is 39.2 Å². The molecule has 0 bridgehead atoms. The van der Waals surface area contributed by atoms with Crippen LogP contribution in [0.4, 0.5) is 0 Å². The molecule has 1 aromatic carbocycles. The van der Waals surface area contributed by atoms with E-state index < -0.39 is 0 Å². The van der Waals surface area contributed by atoms with E-state index in [9.17, 15) is 0 Å². The van der Waals surface area contributed by atoms with Crippen LogP contribution in [0.1, 0.15) is 31.4 Å². The monoisotopic (exact) mass is 293 g/mol. The first kappa shape index (κ1) is 16.3. The molecule has 0 saturated heterocycles. The average Bonchev–Trinajstić information content (AvgIpc) is 2.52. The normalized spacial score (nSPS) is 17.8. The SMILES string of the molecule is CCOC(CNC1CCc2ccc(OC)cc2C1)OCC. The molecule has 0 saturated carbocycles. The third kappa shape index (κ3) is 4.70. The van der Waals surface area contributed by atoms with Gasteiger partial charge in [-0.2, -0.15) is 0 Å². The lowest BCUT2D eigenvalue weighted by molar-refractivity contribution is -0.133. The first-order valence-corrected chi connectivity index (χ1v) is 7.89. The second-order valence-corrected chi connectivity index (χ2v) is 5.32. The van der Waals surface area contributed by atoms with Crippen molar-refractivity contribution in [2.45, 2.75) is 45.4 Å². The summed E-state index contributed by atoms with van der Waals surface area (Å²) in [5.41, 5.74) is 2.84. The van der Waals surface area contributed by atoms with Gasteiger partial charge in [-0.25, -0.2) is 0 Å². The zero-order valence-electron chi connectivity index (χ0n) is 13.4. The highest BCUT2D eigenvalue weighted by Gasteiger charge is 2.20. The number of aryl methyl sites for hydroxylation is 1. The van der Waals surface area contributed by atoms with E-state index in [1.54, 1.807) is 7.11 Å². The highest BCUT2D eigenvalue weighted by molar-refractivity contribution is 5.37. The van der Waals surface area contributed by atoms with E-state index in [1.807, 2.05) is 19.9 Å². The highest BCUT2D eigenvalue weighted by atomic mass is 16.7. The van der Waals surface area contributed by atoms with Crippen LogP contribution < -0.4 is 10.1 Å². The molecule has 0 fully saturated rings. The Hall–Kier alpha value is -1.10. The standard InChI is InChI=1S/C17H27NO3/c1-4-20-17(21-5-2)12-18-15-8-6-13-7-9-16(19-3)11-14(13)10-15/h7,9,11,15,17-18H,4-6,8,10,12H2,1-3H3. The zero-order chi connectivity index (χ0) is 15.1. The summed E-state index contributed by atoms with van der Waals surface area (Å²) in [5, 5.41) is 3.58. The molecule has 1 atom stereocenters. The topological polar surface area (TPSA) is 39.7 Å². The molecule has 1 unspecified atom stereocenters. The Morgan fingerprint density at radius 2 is 1.95 bits per heavy atom. The molecule has 1 aromatic rings. The highest BCUT2D eigenvalue weighted by Crippen LogP contribution is 2.25. The van der Waals surface area contributed by atoms with Gasteiger partial charge in [0.05, 0.1) is 7.11 Å². The predicted molar refractivity (Wildman–Crippen MR) is 83.8 cm³/mol. The number of methoxy groups -OCH3 is 1. The molecule has 0 amide bonds. The minimum absolute atomic E-state index is 0.147. The van der Waals surface area contributed by atoms with Gasteiger partial charge in [-0.05, 0) is 56.4 Å². The predicted octanol–water partition coefficient (Wildman–Crippen LogP) is 2.54. The summed E-state index contributed by atoms with van der Waals surface area (Å²) in [7, 11) is 1.72. The Bertz CT molecular complexity index is 430. The summed E-state index contributed by atoms with van der Waals surface area (Å²) < 4.78 is 16.5. The molecule has 1 N–H and O–H groups in total. The largest absolute Gasteiger partial charge is 0.497 e. The van der Waals surface area contributed by atoms with E-state index in [4.69, 9.17) is 14.2 Å². The molecule has 0 aromatic heterocycles. The average molecular weight is 293 g/mol. The van der Waals surface area contributed by atoms with Gasteiger partial charge in [-0.3, -0.25) is 0 Å². The van der Waals surface area contributed by atoms with Crippen molar-refractivity contribution in [2.75, 3.05) is 26.9 Å². The number of hydrogen-bond donors (Lipinski definition) is 1. The van der Waals surface area contributed by atoms with Crippen molar-refractivity contribution in [2.24, 2.45) is 0 Å². The van der Waals surface area contributed by atoms with E-state index in [0.29, 0.717) is 19.3 Å². The second-order valence-electron chi connectivity index (χ2n) is 5.32. The van der Waals surface area contributed by atoms with Crippen LogP contribution in [0.5, 0.6) is 5.75 Å². The maximum atomic E-state index is 5.57. The van der Waals surface area contributed by atoms with Crippen molar-refractivity contribution < 1.29 is 14.2 Å². The number of rotatable bonds is 8. The Morgan fingerprint density at radius 1 is 1.19 bits per heavy atom. The quantitative estimate of drug-likeness (QED) is 0.748. The van der Waals surface area contributed by atoms with Crippen molar-refractivity contribution >= 4 is 0 Å². The summed E-state index contributed by atoms with van der Waals surface area (Å²) in [5.74, 6) is 0.941. The van der Waals surface area contributed by atoms with Gasteiger partial charge in [0.1, 0.15) is 5.75 Å². The van der Waals surface area contributed by atoms with Crippen molar-refractivity contribution in [3.05, 3.63) is 29.3 Å².